The van der Waals surface area contributed by atoms with E-state index in [2.05, 4.69) is 57.3 Å². The normalized spacial score (nSPS) is 27.6. The molecule has 1 fully saturated rings. The highest BCUT2D eigenvalue weighted by Crippen LogP contribution is 2.25. The van der Waals surface area contributed by atoms with E-state index in [4.69, 9.17) is 4.74 Å². The van der Waals surface area contributed by atoms with E-state index >= 15 is 0 Å². The first-order chi connectivity index (χ1) is 9.52. The molecule has 1 saturated heterocycles. The molecule has 0 radical (unpaired) electrons. The van der Waals surface area contributed by atoms with Crippen LogP contribution in [0.5, 0.6) is 0 Å². The van der Waals surface area contributed by atoms with Gasteiger partial charge in [-0.3, -0.25) is 0 Å². The van der Waals surface area contributed by atoms with Crippen LogP contribution in [-0.4, -0.2) is 18.7 Å². The smallest absolute Gasteiger partial charge is 0.0949 e. The minimum absolute atomic E-state index is 0.191. The zero-order chi connectivity index (χ0) is 14.6. The van der Waals surface area contributed by atoms with Crippen molar-refractivity contribution < 1.29 is 4.74 Å². The Morgan fingerprint density at radius 1 is 1.30 bits per heavy atom. The number of hydrogen-bond acceptors (Lipinski definition) is 2. The Balaban J connectivity index is 2.01. The van der Waals surface area contributed by atoms with Crippen molar-refractivity contribution in [2.75, 3.05) is 13.2 Å². The van der Waals surface area contributed by atoms with Crippen molar-refractivity contribution in [1.29, 1.82) is 0 Å². The fourth-order valence-corrected chi connectivity index (χ4v) is 2.77. The molecule has 0 saturated carbocycles. The molecule has 0 aliphatic carbocycles. The van der Waals surface area contributed by atoms with Gasteiger partial charge in [-0.05, 0) is 43.2 Å². The molecule has 2 rings (SSSR count). The highest BCUT2D eigenvalue weighted by Gasteiger charge is 2.27. The van der Waals surface area contributed by atoms with E-state index < -0.39 is 0 Å². The molecule has 0 aromatic heterocycles. The Bertz CT molecular complexity index is 412. The number of nitrogens with one attached hydrogen (secondary N) is 1. The first-order valence-electron chi connectivity index (χ1n) is 7.98. The summed E-state index contributed by atoms with van der Waals surface area (Å²) in [6.45, 7) is 10.8. The van der Waals surface area contributed by atoms with E-state index in [9.17, 15) is 0 Å². The van der Waals surface area contributed by atoms with Crippen LogP contribution in [-0.2, 0) is 11.2 Å². The van der Waals surface area contributed by atoms with Crippen molar-refractivity contribution in [2.45, 2.75) is 58.6 Å². The quantitative estimate of drug-likeness (QED) is 0.893. The summed E-state index contributed by atoms with van der Waals surface area (Å²) in [5, 5.41) is 3.68. The van der Waals surface area contributed by atoms with Gasteiger partial charge >= 0.3 is 0 Å². The lowest BCUT2D eigenvalue weighted by Crippen LogP contribution is -2.42. The second kappa shape index (κ2) is 6.73. The van der Waals surface area contributed by atoms with Crippen molar-refractivity contribution in [1.82, 2.24) is 5.32 Å². The number of benzene rings is 1. The lowest BCUT2D eigenvalue weighted by molar-refractivity contribution is 0.0653. The molecule has 2 heteroatoms. The maximum absolute atomic E-state index is 6.04. The minimum Gasteiger partial charge on any atom is -0.372 e. The van der Waals surface area contributed by atoms with Crippen molar-refractivity contribution in [3.63, 3.8) is 0 Å². The Labute approximate surface area is 123 Å². The molecular formula is C18H29NO. The summed E-state index contributed by atoms with van der Waals surface area (Å²) in [5.41, 5.74) is 2.95. The second-order valence-corrected chi connectivity index (χ2v) is 6.74. The highest BCUT2D eigenvalue weighted by molar-refractivity contribution is 5.25. The first-order valence-corrected chi connectivity index (χ1v) is 7.98. The first kappa shape index (κ1) is 15.5. The van der Waals surface area contributed by atoms with Crippen LogP contribution >= 0.6 is 0 Å². The number of hydrogen-bond donors (Lipinski definition) is 1. The van der Waals surface area contributed by atoms with Crippen LogP contribution in [0.1, 0.15) is 57.8 Å². The van der Waals surface area contributed by atoms with Crippen molar-refractivity contribution >= 4 is 0 Å². The van der Waals surface area contributed by atoms with Crippen LogP contribution in [0.2, 0.25) is 0 Å². The largest absolute Gasteiger partial charge is 0.372 e. The zero-order valence-corrected chi connectivity index (χ0v) is 13.4. The molecule has 2 atom stereocenters. The Kier molecular flexibility index (Phi) is 5.22. The van der Waals surface area contributed by atoms with Gasteiger partial charge in [0.05, 0.1) is 6.10 Å². The van der Waals surface area contributed by atoms with E-state index in [0.29, 0.717) is 5.92 Å². The Hall–Kier alpha value is -0.860. The van der Waals surface area contributed by atoms with Gasteiger partial charge in [0.1, 0.15) is 0 Å². The molecule has 0 bridgehead atoms. The topological polar surface area (TPSA) is 21.3 Å². The lowest BCUT2D eigenvalue weighted by Gasteiger charge is -2.27. The van der Waals surface area contributed by atoms with Crippen LogP contribution in [0, 0.1) is 5.92 Å². The van der Waals surface area contributed by atoms with Crippen LogP contribution in [0.25, 0.3) is 0 Å². The van der Waals surface area contributed by atoms with E-state index in [1.54, 1.807) is 0 Å². The summed E-state index contributed by atoms with van der Waals surface area (Å²) in [6, 6.07) is 8.97. The molecule has 1 heterocycles. The predicted octanol–water partition coefficient (Wildman–Crippen LogP) is 4.10. The summed E-state index contributed by atoms with van der Waals surface area (Å²) >= 11 is 0. The van der Waals surface area contributed by atoms with Crippen LogP contribution in [0.4, 0.5) is 0 Å². The van der Waals surface area contributed by atoms with Gasteiger partial charge < -0.3 is 10.1 Å². The molecular weight excluding hydrogens is 246 g/mol. The van der Waals surface area contributed by atoms with E-state index in [-0.39, 0.29) is 11.6 Å². The SMILES string of the molecule is CCC1(C)CCOC(c2ccc(CC(C)C)cc2)CN1. The summed E-state index contributed by atoms with van der Waals surface area (Å²) in [7, 11) is 0. The molecule has 1 aromatic carbocycles. The summed E-state index contributed by atoms with van der Waals surface area (Å²) in [4.78, 5) is 0. The molecule has 0 amide bonds. The lowest BCUT2D eigenvalue weighted by atomic mass is 9.95. The molecule has 2 nitrogen and oxygen atoms in total. The molecule has 1 aromatic rings. The van der Waals surface area contributed by atoms with Crippen LogP contribution in [0.3, 0.4) is 0 Å². The summed E-state index contributed by atoms with van der Waals surface area (Å²) in [6.07, 6.45) is 3.58. The van der Waals surface area contributed by atoms with Gasteiger partial charge in [0.15, 0.2) is 0 Å². The maximum atomic E-state index is 6.04. The third kappa shape index (κ3) is 4.07. The minimum atomic E-state index is 0.191. The molecule has 2 unspecified atom stereocenters. The summed E-state index contributed by atoms with van der Waals surface area (Å²) < 4.78 is 6.04. The highest BCUT2D eigenvalue weighted by atomic mass is 16.5. The van der Waals surface area contributed by atoms with Crippen molar-refractivity contribution in [3.8, 4) is 0 Å². The van der Waals surface area contributed by atoms with Gasteiger partial charge in [-0.2, -0.15) is 0 Å². The Morgan fingerprint density at radius 2 is 2.00 bits per heavy atom. The molecule has 1 aliphatic rings. The van der Waals surface area contributed by atoms with Gasteiger partial charge in [0, 0.05) is 18.7 Å². The van der Waals surface area contributed by atoms with Gasteiger partial charge in [-0.15, -0.1) is 0 Å². The van der Waals surface area contributed by atoms with Gasteiger partial charge in [0.2, 0.25) is 0 Å². The predicted molar refractivity (Wildman–Crippen MR) is 85.0 cm³/mol. The number of ether oxygens (including phenoxy) is 1. The Morgan fingerprint density at radius 3 is 2.60 bits per heavy atom. The third-order valence-electron chi connectivity index (χ3n) is 4.46. The summed E-state index contributed by atoms with van der Waals surface area (Å²) in [5.74, 6) is 0.710. The zero-order valence-electron chi connectivity index (χ0n) is 13.4. The fourth-order valence-electron chi connectivity index (χ4n) is 2.77. The molecule has 112 valence electrons. The second-order valence-electron chi connectivity index (χ2n) is 6.74. The molecule has 1 N–H and O–H groups in total. The van der Waals surface area contributed by atoms with Gasteiger partial charge in [-0.25, -0.2) is 0 Å². The number of rotatable bonds is 4. The van der Waals surface area contributed by atoms with Gasteiger partial charge in [-0.1, -0.05) is 45.0 Å². The molecule has 0 spiro atoms. The fraction of sp³-hybridized carbons (Fsp3) is 0.667. The maximum Gasteiger partial charge on any atom is 0.0949 e. The standard InChI is InChI=1S/C18H29NO/c1-5-18(4)10-11-20-17(13-19-18)16-8-6-15(7-9-16)12-14(2)3/h6-9,14,17,19H,5,10-13H2,1-4H3. The van der Waals surface area contributed by atoms with Crippen LogP contribution < -0.4 is 5.32 Å². The monoisotopic (exact) mass is 275 g/mol. The third-order valence-corrected chi connectivity index (χ3v) is 4.46. The van der Waals surface area contributed by atoms with E-state index in [1.807, 2.05) is 0 Å². The molecule has 20 heavy (non-hydrogen) atoms. The van der Waals surface area contributed by atoms with Crippen LogP contribution in [0.15, 0.2) is 24.3 Å². The average Bonchev–Trinajstić information content (AvgIpc) is 2.62. The van der Waals surface area contributed by atoms with E-state index in [0.717, 1.165) is 32.4 Å². The average molecular weight is 275 g/mol. The molecule has 1 aliphatic heterocycles. The van der Waals surface area contributed by atoms with Crippen molar-refractivity contribution in [3.05, 3.63) is 35.4 Å². The van der Waals surface area contributed by atoms with Crippen molar-refractivity contribution in [2.24, 2.45) is 5.92 Å². The van der Waals surface area contributed by atoms with Gasteiger partial charge in [0.25, 0.3) is 0 Å². The van der Waals surface area contributed by atoms with E-state index in [1.165, 1.54) is 11.1 Å².